The standard InChI is InChI=1S/C15H23N5O2/c1-19(2)14-9-11(3-6-17-14)15(22)18-12-4-7-20(8-5-12)10-13(16)21/h3,6,9,12H,4-5,7-8,10H2,1-2H3,(H2,16,21)(H,18,22). The van der Waals surface area contributed by atoms with Crippen LogP contribution in [0, 0.1) is 0 Å². The fraction of sp³-hybridized carbons (Fsp3) is 0.533. The molecule has 0 aromatic carbocycles. The predicted octanol–water partition coefficient (Wildman–Crippen LogP) is -0.173. The van der Waals surface area contributed by atoms with E-state index in [1.165, 1.54) is 0 Å². The van der Waals surface area contributed by atoms with Crippen LogP contribution >= 0.6 is 0 Å². The predicted molar refractivity (Wildman–Crippen MR) is 84.7 cm³/mol. The number of aromatic nitrogens is 1. The first-order valence-corrected chi connectivity index (χ1v) is 7.40. The summed E-state index contributed by atoms with van der Waals surface area (Å²) in [6.07, 6.45) is 3.29. The van der Waals surface area contributed by atoms with E-state index >= 15 is 0 Å². The Bertz CT molecular complexity index is 538. The third-order valence-corrected chi connectivity index (χ3v) is 3.77. The molecule has 0 unspecified atom stereocenters. The van der Waals surface area contributed by atoms with E-state index in [1.54, 1.807) is 18.3 Å². The number of carbonyl (C=O) groups excluding carboxylic acids is 2. The van der Waals surface area contributed by atoms with Gasteiger partial charge in [0.1, 0.15) is 5.82 Å². The molecule has 1 aromatic rings. The molecule has 1 aliphatic heterocycles. The Balaban J connectivity index is 1.88. The van der Waals surface area contributed by atoms with E-state index in [1.807, 2.05) is 23.9 Å². The highest BCUT2D eigenvalue weighted by Gasteiger charge is 2.22. The molecule has 0 saturated carbocycles. The number of carbonyl (C=O) groups is 2. The first-order valence-electron chi connectivity index (χ1n) is 7.40. The zero-order chi connectivity index (χ0) is 16.1. The smallest absolute Gasteiger partial charge is 0.251 e. The van der Waals surface area contributed by atoms with Crippen LogP contribution in [0.15, 0.2) is 18.3 Å². The Morgan fingerprint density at radius 3 is 2.68 bits per heavy atom. The molecule has 1 aliphatic rings. The van der Waals surface area contributed by atoms with Crippen LogP contribution < -0.4 is 16.0 Å². The Morgan fingerprint density at radius 1 is 1.41 bits per heavy atom. The van der Waals surface area contributed by atoms with E-state index in [0.717, 1.165) is 31.7 Å². The fourth-order valence-corrected chi connectivity index (χ4v) is 2.53. The summed E-state index contributed by atoms with van der Waals surface area (Å²) in [6.45, 7) is 1.83. The van der Waals surface area contributed by atoms with Gasteiger partial charge in [0.15, 0.2) is 0 Å². The lowest BCUT2D eigenvalue weighted by atomic mass is 10.0. The number of rotatable bonds is 5. The topological polar surface area (TPSA) is 91.6 Å². The molecule has 2 amide bonds. The number of nitrogens with two attached hydrogens (primary N) is 1. The maximum absolute atomic E-state index is 12.3. The molecule has 2 heterocycles. The van der Waals surface area contributed by atoms with Crippen molar-refractivity contribution in [1.29, 1.82) is 0 Å². The summed E-state index contributed by atoms with van der Waals surface area (Å²) < 4.78 is 0. The van der Waals surface area contributed by atoms with Crippen molar-refractivity contribution < 1.29 is 9.59 Å². The quantitative estimate of drug-likeness (QED) is 0.788. The number of nitrogens with zero attached hydrogens (tertiary/aromatic N) is 3. The fourth-order valence-electron chi connectivity index (χ4n) is 2.53. The number of pyridine rings is 1. The molecule has 0 radical (unpaired) electrons. The van der Waals surface area contributed by atoms with E-state index < -0.39 is 0 Å². The van der Waals surface area contributed by atoms with Crippen molar-refractivity contribution in [2.75, 3.05) is 38.6 Å². The van der Waals surface area contributed by atoms with Gasteiger partial charge in [-0.1, -0.05) is 0 Å². The molecule has 0 bridgehead atoms. The Hall–Kier alpha value is -2.15. The van der Waals surface area contributed by atoms with Gasteiger partial charge in [-0.3, -0.25) is 14.5 Å². The summed E-state index contributed by atoms with van der Waals surface area (Å²) in [7, 11) is 3.77. The number of likely N-dealkylation sites (tertiary alicyclic amines) is 1. The van der Waals surface area contributed by atoms with Crippen LogP contribution in [0.1, 0.15) is 23.2 Å². The molecule has 1 saturated heterocycles. The van der Waals surface area contributed by atoms with Crippen LogP contribution in [-0.4, -0.2) is 61.5 Å². The SMILES string of the molecule is CN(C)c1cc(C(=O)NC2CCN(CC(N)=O)CC2)ccn1. The highest BCUT2D eigenvalue weighted by molar-refractivity contribution is 5.95. The normalized spacial score (nSPS) is 16.3. The average molecular weight is 305 g/mol. The van der Waals surface area contributed by atoms with Crippen molar-refractivity contribution >= 4 is 17.6 Å². The molecular weight excluding hydrogens is 282 g/mol. The van der Waals surface area contributed by atoms with Crippen molar-refractivity contribution in [1.82, 2.24) is 15.2 Å². The minimum absolute atomic E-state index is 0.0844. The molecule has 7 nitrogen and oxygen atoms in total. The molecule has 0 spiro atoms. The lowest BCUT2D eigenvalue weighted by Crippen LogP contribution is -2.46. The number of piperidine rings is 1. The second kappa shape index (κ2) is 7.22. The van der Waals surface area contributed by atoms with E-state index in [9.17, 15) is 9.59 Å². The molecule has 1 aromatic heterocycles. The van der Waals surface area contributed by atoms with Crippen molar-refractivity contribution in [3.05, 3.63) is 23.9 Å². The number of anilines is 1. The lowest BCUT2D eigenvalue weighted by Gasteiger charge is -2.31. The summed E-state index contributed by atoms with van der Waals surface area (Å²) in [5, 5.41) is 3.05. The van der Waals surface area contributed by atoms with Crippen molar-refractivity contribution in [2.24, 2.45) is 5.73 Å². The number of amides is 2. The zero-order valence-electron chi connectivity index (χ0n) is 13.1. The molecule has 1 fully saturated rings. The van der Waals surface area contributed by atoms with Gasteiger partial charge in [0, 0.05) is 45.0 Å². The van der Waals surface area contributed by atoms with Gasteiger partial charge < -0.3 is 16.0 Å². The van der Waals surface area contributed by atoms with Gasteiger partial charge in [0.05, 0.1) is 6.54 Å². The second-order valence-corrected chi connectivity index (χ2v) is 5.79. The number of hydrogen-bond acceptors (Lipinski definition) is 5. The second-order valence-electron chi connectivity index (χ2n) is 5.79. The molecular formula is C15H23N5O2. The minimum Gasteiger partial charge on any atom is -0.369 e. The highest BCUT2D eigenvalue weighted by Crippen LogP contribution is 2.13. The van der Waals surface area contributed by atoms with E-state index in [-0.39, 0.29) is 24.4 Å². The summed E-state index contributed by atoms with van der Waals surface area (Å²) in [6, 6.07) is 3.62. The molecule has 3 N–H and O–H groups in total. The molecule has 7 heteroatoms. The largest absolute Gasteiger partial charge is 0.369 e. The first kappa shape index (κ1) is 16.2. The summed E-state index contributed by atoms with van der Waals surface area (Å²) in [5.41, 5.74) is 5.80. The Labute approximate surface area is 130 Å². The Kier molecular flexibility index (Phi) is 5.32. The monoisotopic (exact) mass is 305 g/mol. The number of nitrogens with one attached hydrogen (secondary N) is 1. The van der Waals surface area contributed by atoms with Gasteiger partial charge in [-0.05, 0) is 25.0 Å². The maximum atomic E-state index is 12.3. The average Bonchev–Trinajstić information content (AvgIpc) is 2.49. The maximum Gasteiger partial charge on any atom is 0.251 e. The molecule has 0 aliphatic carbocycles. The van der Waals surface area contributed by atoms with Crippen LogP contribution in [0.3, 0.4) is 0 Å². The Morgan fingerprint density at radius 2 is 2.09 bits per heavy atom. The van der Waals surface area contributed by atoms with Gasteiger partial charge in [0.25, 0.3) is 5.91 Å². The zero-order valence-corrected chi connectivity index (χ0v) is 13.1. The molecule has 22 heavy (non-hydrogen) atoms. The van der Waals surface area contributed by atoms with E-state index in [0.29, 0.717) is 5.56 Å². The van der Waals surface area contributed by atoms with Crippen LogP contribution in [0.2, 0.25) is 0 Å². The van der Waals surface area contributed by atoms with Gasteiger partial charge in [-0.25, -0.2) is 4.98 Å². The van der Waals surface area contributed by atoms with Crippen molar-refractivity contribution in [3.63, 3.8) is 0 Å². The van der Waals surface area contributed by atoms with Gasteiger partial charge in [-0.2, -0.15) is 0 Å². The summed E-state index contributed by atoms with van der Waals surface area (Å²) in [4.78, 5) is 31.3. The minimum atomic E-state index is -0.310. The van der Waals surface area contributed by atoms with Crippen molar-refractivity contribution in [3.8, 4) is 0 Å². The van der Waals surface area contributed by atoms with Crippen LogP contribution in [0.5, 0.6) is 0 Å². The van der Waals surface area contributed by atoms with Gasteiger partial charge in [-0.15, -0.1) is 0 Å². The third kappa shape index (κ3) is 4.42. The first-order chi connectivity index (χ1) is 10.5. The van der Waals surface area contributed by atoms with Crippen LogP contribution in [0.4, 0.5) is 5.82 Å². The van der Waals surface area contributed by atoms with Crippen LogP contribution in [-0.2, 0) is 4.79 Å². The highest BCUT2D eigenvalue weighted by atomic mass is 16.2. The lowest BCUT2D eigenvalue weighted by molar-refractivity contribution is -0.119. The molecule has 2 rings (SSSR count). The van der Waals surface area contributed by atoms with E-state index in [4.69, 9.17) is 5.73 Å². The number of primary amides is 1. The van der Waals surface area contributed by atoms with Crippen LogP contribution in [0.25, 0.3) is 0 Å². The van der Waals surface area contributed by atoms with E-state index in [2.05, 4.69) is 10.3 Å². The summed E-state index contributed by atoms with van der Waals surface area (Å²) in [5.74, 6) is 0.360. The third-order valence-electron chi connectivity index (χ3n) is 3.77. The van der Waals surface area contributed by atoms with Gasteiger partial charge in [0.2, 0.25) is 5.91 Å². The summed E-state index contributed by atoms with van der Waals surface area (Å²) >= 11 is 0. The van der Waals surface area contributed by atoms with Crippen molar-refractivity contribution in [2.45, 2.75) is 18.9 Å². The molecule has 120 valence electrons. The molecule has 0 atom stereocenters. The number of hydrogen-bond donors (Lipinski definition) is 2. The van der Waals surface area contributed by atoms with Gasteiger partial charge >= 0.3 is 0 Å².